The summed E-state index contributed by atoms with van der Waals surface area (Å²) >= 11 is 0. The van der Waals surface area contributed by atoms with Crippen LogP contribution in [0.3, 0.4) is 0 Å². The molecule has 31 heavy (non-hydrogen) atoms. The quantitative estimate of drug-likeness (QED) is 0.502. The van der Waals surface area contributed by atoms with Crippen molar-refractivity contribution in [1.82, 2.24) is 29.8 Å². The van der Waals surface area contributed by atoms with E-state index in [9.17, 15) is 4.79 Å². The molecule has 0 aliphatic carbocycles. The van der Waals surface area contributed by atoms with Crippen molar-refractivity contribution in [3.05, 3.63) is 59.9 Å². The lowest BCUT2D eigenvalue weighted by Gasteiger charge is -2.31. The number of amides is 1. The number of pyridine rings is 1. The zero-order valence-corrected chi connectivity index (χ0v) is 17.7. The van der Waals surface area contributed by atoms with Gasteiger partial charge in [0.2, 0.25) is 5.89 Å². The van der Waals surface area contributed by atoms with Gasteiger partial charge < -0.3 is 9.42 Å². The maximum Gasteiger partial charge on any atom is 0.254 e. The highest BCUT2D eigenvalue weighted by Gasteiger charge is 2.30. The molecule has 4 aromatic rings. The number of carbonyl (C=O) groups is 1. The number of rotatable bonds is 4. The fourth-order valence-corrected chi connectivity index (χ4v) is 4.23. The normalized spacial score (nSPS) is 16.7. The van der Waals surface area contributed by atoms with Gasteiger partial charge >= 0.3 is 0 Å². The Labute approximate surface area is 179 Å². The summed E-state index contributed by atoms with van der Waals surface area (Å²) in [5.74, 6) is 1.27. The van der Waals surface area contributed by atoms with Crippen molar-refractivity contribution in [2.75, 3.05) is 13.1 Å². The third-order valence-electron chi connectivity index (χ3n) is 5.81. The molecule has 0 N–H and O–H groups in total. The van der Waals surface area contributed by atoms with Crippen LogP contribution in [0.25, 0.3) is 22.3 Å². The smallest absolute Gasteiger partial charge is 0.254 e. The van der Waals surface area contributed by atoms with Gasteiger partial charge in [-0.2, -0.15) is 10.1 Å². The second kappa shape index (κ2) is 7.94. The van der Waals surface area contributed by atoms with Crippen molar-refractivity contribution < 1.29 is 9.32 Å². The van der Waals surface area contributed by atoms with Gasteiger partial charge in [0, 0.05) is 25.2 Å². The first kappa shape index (κ1) is 19.4. The average Bonchev–Trinajstić information content (AvgIpc) is 3.44. The van der Waals surface area contributed by atoms with Crippen molar-refractivity contribution in [1.29, 1.82) is 0 Å². The number of aryl methyl sites for hydroxylation is 2. The highest BCUT2D eigenvalue weighted by molar-refractivity contribution is 6.06. The molecule has 0 unspecified atom stereocenters. The summed E-state index contributed by atoms with van der Waals surface area (Å²) in [6, 6.07) is 11.8. The van der Waals surface area contributed by atoms with Crippen molar-refractivity contribution in [3.8, 4) is 11.3 Å². The standard InChI is InChI=1S/C23H24N6O2/c1-3-29-21-19(13-24-29)18(12-20(26-21)16-8-5-4-6-9-16)23(30)28-11-7-10-17(14-28)22-25-15(2)27-31-22/h4-6,8-9,12-13,17H,3,7,10-11,14H2,1-2H3/t17-/m1/s1. The van der Waals surface area contributed by atoms with Crippen molar-refractivity contribution >= 4 is 16.9 Å². The van der Waals surface area contributed by atoms with Crippen molar-refractivity contribution in [2.24, 2.45) is 0 Å². The van der Waals surface area contributed by atoms with E-state index in [0.29, 0.717) is 36.9 Å². The van der Waals surface area contributed by atoms with E-state index in [0.717, 1.165) is 35.1 Å². The Morgan fingerprint density at radius 3 is 2.81 bits per heavy atom. The van der Waals surface area contributed by atoms with Crippen LogP contribution in [0.5, 0.6) is 0 Å². The molecular formula is C23H24N6O2. The zero-order valence-electron chi connectivity index (χ0n) is 17.7. The molecule has 1 aliphatic heterocycles. The van der Waals surface area contributed by atoms with E-state index >= 15 is 0 Å². The molecule has 0 spiro atoms. The van der Waals surface area contributed by atoms with Crippen LogP contribution in [0.1, 0.15) is 47.8 Å². The maximum absolute atomic E-state index is 13.7. The predicted molar refractivity (Wildman–Crippen MR) is 116 cm³/mol. The minimum atomic E-state index is -0.0128. The van der Waals surface area contributed by atoms with E-state index in [-0.39, 0.29) is 11.8 Å². The first-order valence-corrected chi connectivity index (χ1v) is 10.7. The Hall–Kier alpha value is -3.55. The van der Waals surface area contributed by atoms with Crippen LogP contribution < -0.4 is 0 Å². The third kappa shape index (κ3) is 3.58. The summed E-state index contributed by atoms with van der Waals surface area (Å²) < 4.78 is 7.21. The molecule has 1 atom stereocenters. The number of nitrogens with zero attached hydrogens (tertiary/aromatic N) is 6. The van der Waals surface area contributed by atoms with E-state index in [1.165, 1.54) is 0 Å². The SMILES string of the molecule is CCn1ncc2c(C(=O)N3CCC[C@@H](c4nc(C)no4)C3)cc(-c3ccccc3)nc21. The van der Waals surface area contributed by atoms with E-state index in [1.807, 2.05) is 59.8 Å². The van der Waals surface area contributed by atoms with E-state index in [2.05, 4.69) is 15.2 Å². The van der Waals surface area contributed by atoms with Gasteiger partial charge in [-0.25, -0.2) is 9.67 Å². The number of hydrogen-bond acceptors (Lipinski definition) is 6. The Kier molecular flexibility index (Phi) is 4.97. The highest BCUT2D eigenvalue weighted by atomic mass is 16.5. The fourth-order valence-electron chi connectivity index (χ4n) is 4.23. The summed E-state index contributed by atoms with van der Waals surface area (Å²) in [6.07, 6.45) is 3.57. The van der Waals surface area contributed by atoms with Gasteiger partial charge in [0.05, 0.1) is 28.8 Å². The third-order valence-corrected chi connectivity index (χ3v) is 5.81. The first-order chi connectivity index (χ1) is 15.1. The average molecular weight is 416 g/mol. The zero-order chi connectivity index (χ0) is 21.4. The minimum absolute atomic E-state index is 0.0128. The maximum atomic E-state index is 13.7. The minimum Gasteiger partial charge on any atom is -0.339 e. The largest absolute Gasteiger partial charge is 0.339 e. The molecule has 1 aromatic carbocycles. The molecule has 3 aromatic heterocycles. The Balaban J connectivity index is 1.54. The van der Waals surface area contributed by atoms with Crippen LogP contribution in [-0.2, 0) is 6.54 Å². The molecule has 1 fully saturated rings. The van der Waals surface area contributed by atoms with Gasteiger partial charge in [-0.05, 0) is 32.8 Å². The fraction of sp³-hybridized carbons (Fsp3) is 0.348. The van der Waals surface area contributed by atoms with E-state index < -0.39 is 0 Å². The molecule has 0 bridgehead atoms. The van der Waals surface area contributed by atoms with Gasteiger partial charge in [-0.1, -0.05) is 35.5 Å². The lowest BCUT2D eigenvalue weighted by molar-refractivity contribution is 0.0697. The predicted octanol–water partition coefficient (Wildman–Crippen LogP) is 3.83. The Bertz CT molecular complexity index is 1230. The van der Waals surface area contributed by atoms with Crippen molar-refractivity contribution in [3.63, 3.8) is 0 Å². The lowest BCUT2D eigenvalue weighted by Crippen LogP contribution is -2.39. The van der Waals surface area contributed by atoms with Crippen molar-refractivity contribution in [2.45, 2.75) is 39.2 Å². The number of hydrogen-bond donors (Lipinski definition) is 0. The number of fused-ring (bicyclic) bond motifs is 1. The van der Waals surface area contributed by atoms with Crippen LogP contribution in [0.2, 0.25) is 0 Å². The lowest BCUT2D eigenvalue weighted by atomic mass is 9.96. The summed E-state index contributed by atoms with van der Waals surface area (Å²) in [4.78, 5) is 24.8. The molecule has 1 aliphatic rings. The van der Waals surface area contributed by atoms with Gasteiger partial charge in [0.15, 0.2) is 11.5 Å². The summed E-state index contributed by atoms with van der Waals surface area (Å²) in [7, 11) is 0. The molecule has 0 radical (unpaired) electrons. The van der Waals surface area contributed by atoms with Crippen LogP contribution >= 0.6 is 0 Å². The molecule has 1 amide bonds. The Morgan fingerprint density at radius 1 is 1.23 bits per heavy atom. The molecule has 8 nitrogen and oxygen atoms in total. The second-order valence-electron chi connectivity index (χ2n) is 7.89. The molecule has 4 heterocycles. The van der Waals surface area contributed by atoms with Gasteiger partial charge in [0.25, 0.3) is 5.91 Å². The number of piperidine rings is 1. The van der Waals surface area contributed by atoms with Gasteiger partial charge in [0.1, 0.15) is 0 Å². The molecule has 158 valence electrons. The molecule has 8 heteroatoms. The summed E-state index contributed by atoms with van der Waals surface area (Å²) in [6.45, 7) is 5.78. The number of carbonyl (C=O) groups excluding carboxylic acids is 1. The van der Waals surface area contributed by atoms with Crippen LogP contribution in [0.4, 0.5) is 0 Å². The molecule has 1 saturated heterocycles. The van der Waals surface area contributed by atoms with Gasteiger partial charge in [-0.15, -0.1) is 0 Å². The first-order valence-electron chi connectivity index (χ1n) is 10.7. The molecule has 5 rings (SSSR count). The van der Waals surface area contributed by atoms with Crippen LogP contribution in [-0.4, -0.2) is 48.8 Å². The molecular weight excluding hydrogens is 392 g/mol. The number of likely N-dealkylation sites (tertiary alicyclic amines) is 1. The molecule has 0 saturated carbocycles. The van der Waals surface area contributed by atoms with E-state index in [1.54, 1.807) is 6.20 Å². The van der Waals surface area contributed by atoms with Crippen LogP contribution in [0, 0.1) is 6.92 Å². The summed E-state index contributed by atoms with van der Waals surface area (Å²) in [5, 5.41) is 9.14. The second-order valence-corrected chi connectivity index (χ2v) is 7.89. The van der Waals surface area contributed by atoms with Gasteiger partial charge in [-0.3, -0.25) is 4.79 Å². The highest BCUT2D eigenvalue weighted by Crippen LogP contribution is 2.30. The number of benzene rings is 1. The topological polar surface area (TPSA) is 89.9 Å². The Morgan fingerprint density at radius 2 is 2.06 bits per heavy atom. The number of aromatic nitrogens is 5. The summed E-state index contributed by atoms with van der Waals surface area (Å²) in [5.41, 5.74) is 3.10. The van der Waals surface area contributed by atoms with Crippen LogP contribution in [0.15, 0.2) is 47.1 Å². The van der Waals surface area contributed by atoms with E-state index in [4.69, 9.17) is 9.51 Å². The monoisotopic (exact) mass is 416 g/mol.